The summed E-state index contributed by atoms with van der Waals surface area (Å²) >= 11 is 0. The lowest BCUT2D eigenvalue weighted by atomic mass is 10.2. The highest BCUT2D eigenvalue weighted by Gasteiger charge is 2.12. The van der Waals surface area contributed by atoms with Crippen LogP contribution in [0.15, 0.2) is 29.6 Å². The van der Waals surface area contributed by atoms with Crippen molar-refractivity contribution < 1.29 is 9.76 Å². The molecule has 0 aliphatic rings. The third kappa shape index (κ3) is 2.22. The molecule has 0 saturated carbocycles. The van der Waals surface area contributed by atoms with E-state index in [9.17, 15) is 15.0 Å². The van der Waals surface area contributed by atoms with Gasteiger partial charge in [-0.2, -0.15) is 0 Å². The van der Waals surface area contributed by atoms with Crippen molar-refractivity contribution in [3.63, 3.8) is 0 Å². The smallest absolute Gasteiger partial charge is 0.276 e. The molecule has 68 valence electrons. The fourth-order valence-corrected chi connectivity index (χ4v) is 0.907. The van der Waals surface area contributed by atoms with Crippen molar-refractivity contribution in [2.24, 2.45) is 5.34 Å². The van der Waals surface area contributed by atoms with Crippen LogP contribution in [0.2, 0.25) is 0 Å². The second-order valence-corrected chi connectivity index (χ2v) is 2.23. The van der Waals surface area contributed by atoms with Gasteiger partial charge in [-0.05, 0) is 6.07 Å². The van der Waals surface area contributed by atoms with E-state index in [1.54, 1.807) is 6.07 Å². The van der Waals surface area contributed by atoms with E-state index in [0.717, 1.165) is 0 Å². The van der Waals surface area contributed by atoms with Crippen molar-refractivity contribution >= 4 is 5.69 Å². The molecule has 0 aliphatic carbocycles. The molecule has 0 aromatic heterocycles. The Kier molecular flexibility index (Phi) is 2.91. The van der Waals surface area contributed by atoms with E-state index in [0.29, 0.717) is 5.56 Å². The molecule has 6 nitrogen and oxygen atoms in total. The van der Waals surface area contributed by atoms with Crippen LogP contribution in [0.1, 0.15) is 5.56 Å². The number of rotatable bonds is 4. The average molecular weight is 182 g/mol. The predicted octanol–water partition coefficient (Wildman–Crippen LogP) is 1.79. The van der Waals surface area contributed by atoms with Crippen molar-refractivity contribution in [3.8, 4) is 0 Å². The van der Waals surface area contributed by atoms with E-state index >= 15 is 0 Å². The molecule has 1 aromatic rings. The van der Waals surface area contributed by atoms with Crippen LogP contribution in [0.5, 0.6) is 0 Å². The Morgan fingerprint density at radius 2 is 2.15 bits per heavy atom. The van der Waals surface area contributed by atoms with Gasteiger partial charge in [0, 0.05) is 6.07 Å². The molecule has 0 saturated heterocycles. The van der Waals surface area contributed by atoms with Crippen LogP contribution < -0.4 is 0 Å². The summed E-state index contributed by atoms with van der Waals surface area (Å²) in [5, 5.41) is 12.6. The minimum absolute atomic E-state index is 0.0776. The van der Waals surface area contributed by atoms with Crippen LogP contribution in [-0.4, -0.2) is 4.92 Å². The zero-order valence-corrected chi connectivity index (χ0v) is 6.54. The molecular weight excluding hydrogens is 176 g/mol. The Bertz CT molecular complexity index is 326. The highest BCUT2D eigenvalue weighted by molar-refractivity contribution is 5.39. The largest absolute Gasteiger partial charge is 0.359 e. The molecule has 0 fully saturated rings. The first-order valence-electron chi connectivity index (χ1n) is 3.42. The van der Waals surface area contributed by atoms with E-state index in [1.165, 1.54) is 18.2 Å². The van der Waals surface area contributed by atoms with Gasteiger partial charge >= 0.3 is 0 Å². The van der Waals surface area contributed by atoms with E-state index in [1.807, 2.05) is 0 Å². The fraction of sp³-hybridized carbons (Fsp3) is 0.143. The first kappa shape index (κ1) is 9.11. The first-order valence-corrected chi connectivity index (χ1v) is 3.42. The van der Waals surface area contributed by atoms with Gasteiger partial charge in [0.05, 0.1) is 10.5 Å². The summed E-state index contributed by atoms with van der Waals surface area (Å²) in [5.41, 5.74) is 0.248. The first-order chi connectivity index (χ1) is 6.25. The highest BCUT2D eigenvalue weighted by atomic mass is 16.7. The van der Waals surface area contributed by atoms with E-state index in [-0.39, 0.29) is 12.3 Å². The molecule has 0 amide bonds. The average Bonchev–Trinajstić information content (AvgIpc) is 2.15. The third-order valence-corrected chi connectivity index (χ3v) is 1.46. The molecule has 13 heavy (non-hydrogen) atoms. The molecule has 1 aromatic carbocycles. The summed E-state index contributed by atoms with van der Waals surface area (Å²) in [6, 6.07) is 6.00. The molecule has 0 unspecified atom stereocenters. The minimum Gasteiger partial charge on any atom is -0.359 e. The Morgan fingerprint density at radius 3 is 2.77 bits per heavy atom. The minimum atomic E-state index is -0.538. The normalized spacial score (nSPS) is 9.23. The lowest BCUT2D eigenvalue weighted by Crippen LogP contribution is -1.95. The molecule has 6 heteroatoms. The van der Waals surface area contributed by atoms with Crippen molar-refractivity contribution in [1.29, 1.82) is 0 Å². The monoisotopic (exact) mass is 182 g/mol. The summed E-state index contributed by atoms with van der Waals surface area (Å²) < 4.78 is 0. The van der Waals surface area contributed by atoms with Crippen LogP contribution in [0, 0.1) is 15.0 Å². The SMILES string of the molecule is O=NOCc1ccccc1[N+](=O)[O-]. The number of para-hydroxylation sites is 1. The summed E-state index contributed by atoms with van der Waals surface area (Å²) in [5.74, 6) is 0. The molecule has 0 atom stereocenters. The number of hydrogen-bond acceptors (Lipinski definition) is 5. The van der Waals surface area contributed by atoms with E-state index in [2.05, 4.69) is 10.2 Å². The second-order valence-electron chi connectivity index (χ2n) is 2.23. The van der Waals surface area contributed by atoms with Crippen molar-refractivity contribution in [1.82, 2.24) is 0 Å². The molecule has 0 spiro atoms. The lowest BCUT2D eigenvalue weighted by molar-refractivity contribution is -0.386. The number of benzene rings is 1. The van der Waals surface area contributed by atoms with Gasteiger partial charge in [0.1, 0.15) is 0 Å². The standard InChI is InChI=1S/C7H6N2O4/c10-8-13-5-6-3-1-2-4-7(6)9(11)12/h1-4H,5H2. The number of nitrogens with zero attached hydrogens (tertiary/aromatic N) is 2. The molecule has 0 heterocycles. The predicted molar refractivity (Wildman–Crippen MR) is 43.7 cm³/mol. The topological polar surface area (TPSA) is 81.8 Å². The van der Waals surface area contributed by atoms with Gasteiger partial charge in [-0.15, -0.1) is 4.91 Å². The number of hydrogen-bond donors (Lipinski definition) is 0. The molecular formula is C7H6N2O4. The van der Waals surface area contributed by atoms with Gasteiger partial charge in [-0.1, -0.05) is 12.1 Å². The summed E-state index contributed by atoms with van der Waals surface area (Å²) in [6.45, 7) is -0.180. The Hall–Kier alpha value is -1.98. The quantitative estimate of drug-likeness (QED) is 0.403. The summed E-state index contributed by atoms with van der Waals surface area (Å²) in [7, 11) is 0. The molecule has 0 radical (unpaired) electrons. The van der Waals surface area contributed by atoms with Crippen molar-refractivity contribution in [2.45, 2.75) is 6.61 Å². The Labute approximate surface area is 73.2 Å². The third-order valence-electron chi connectivity index (χ3n) is 1.46. The Morgan fingerprint density at radius 1 is 1.46 bits per heavy atom. The van der Waals surface area contributed by atoms with Crippen LogP contribution in [0.3, 0.4) is 0 Å². The summed E-state index contributed by atoms with van der Waals surface area (Å²) in [6.07, 6.45) is 0. The van der Waals surface area contributed by atoms with Gasteiger partial charge in [0.2, 0.25) is 0 Å². The second kappa shape index (κ2) is 4.15. The maximum absolute atomic E-state index is 10.4. The van der Waals surface area contributed by atoms with Crippen molar-refractivity contribution in [2.75, 3.05) is 0 Å². The zero-order chi connectivity index (χ0) is 9.68. The van der Waals surface area contributed by atoms with Gasteiger partial charge < -0.3 is 4.84 Å². The van der Waals surface area contributed by atoms with Gasteiger partial charge in [-0.3, -0.25) is 10.1 Å². The fourth-order valence-electron chi connectivity index (χ4n) is 0.907. The maximum Gasteiger partial charge on any atom is 0.276 e. The van der Waals surface area contributed by atoms with E-state index < -0.39 is 4.92 Å². The highest BCUT2D eigenvalue weighted by Crippen LogP contribution is 2.18. The van der Waals surface area contributed by atoms with Gasteiger partial charge in [-0.25, -0.2) is 0 Å². The van der Waals surface area contributed by atoms with Crippen LogP contribution in [0.25, 0.3) is 0 Å². The molecule has 0 bridgehead atoms. The van der Waals surface area contributed by atoms with Gasteiger partial charge in [0.15, 0.2) is 11.9 Å². The summed E-state index contributed by atoms with van der Waals surface area (Å²) in [4.78, 5) is 23.7. The maximum atomic E-state index is 10.4. The van der Waals surface area contributed by atoms with Crippen LogP contribution in [0.4, 0.5) is 5.69 Å². The number of nitro groups is 1. The van der Waals surface area contributed by atoms with Crippen molar-refractivity contribution in [3.05, 3.63) is 44.9 Å². The molecule has 0 aliphatic heterocycles. The number of nitro benzene ring substituents is 1. The van der Waals surface area contributed by atoms with E-state index in [4.69, 9.17) is 0 Å². The van der Waals surface area contributed by atoms with Crippen LogP contribution in [-0.2, 0) is 11.4 Å². The van der Waals surface area contributed by atoms with Crippen LogP contribution >= 0.6 is 0 Å². The molecule has 1 rings (SSSR count). The lowest BCUT2D eigenvalue weighted by Gasteiger charge is -1.98. The zero-order valence-electron chi connectivity index (χ0n) is 6.54. The Balaban J connectivity index is 2.90. The van der Waals surface area contributed by atoms with Gasteiger partial charge in [0.25, 0.3) is 5.69 Å². The molecule has 0 N–H and O–H groups in total.